The van der Waals surface area contributed by atoms with E-state index in [1.54, 1.807) is 12.5 Å². The highest BCUT2D eigenvalue weighted by Gasteiger charge is 2.59. The molecule has 4 aliphatic rings. The summed E-state index contributed by atoms with van der Waals surface area (Å²) in [7, 11) is 0. The van der Waals surface area contributed by atoms with Crippen LogP contribution >= 0.6 is 0 Å². The lowest BCUT2D eigenvalue weighted by Crippen LogP contribution is -2.52. The van der Waals surface area contributed by atoms with Crippen molar-refractivity contribution in [1.82, 2.24) is 5.32 Å². The summed E-state index contributed by atoms with van der Waals surface area (Å²) in [5, 5.41) is 3.21. The highest BCUT2D eigenvalue weighted by molar-refractivity contribution is 5.73. The van der Waals surface area contributed by atoms with Gasteiger partial charge >= 0.3 is 0 Å². The maximum Gasteiger partial charge on any atom is 0.217 e. The Kier molecular flexibility index (Phi) is 6.68. The molecule has 1 N–H and O–H groups in total. The van der Waals surface area contributed by atoms with E-state index in [1.807, 2.05) is 0 Å². The van der Waals surface area contributed by atoms with Crippen LogP contribution in [0.4, 0.5) is 0 Å². The normalized spacial score (nSPS) is 42.9. The molecule has 1 amide bonds. The quantitative estimate of drug-likeness (QED) is 0.436. The van der Waals surface area contributed by atoms with E-state index < -0.39 is 0 Å². The molecule has 0 radical (unpaired) electrons. The van der Waals surface area contributed by atoms with Gasteiger partial charge in [0.05, 0.1) is 0 Å². The first kappa shape index (κ1) is 23.4. The molecule has 2 heteroatoms. The monoisotopic (exact) mass is 427 g/mol. The summed E-state index contributed by atoms with van der Waals surface area (Å²) < 4.78 is 0. The summed E-state index contributed by atoms with van der Waals surface area (Å²) in [6.07, 6.45) is 17.6. The van der Waals surface area contributed by atoms with Gasteiger partial charge in [0, 0.05) is 13.0 Å². The molecule has 0 spiro atoms. The fourth-order valence-electron chi connectivity index (χ4n) is 9.10. The van der Waals surface area contributed by atoms with E-state index in [1.165, 1.54) is 57.8 Å². The minimum atomic E-state index is 0.135. The van der Waals surface area contributed by atoms with Crippen molar-refractivity contribution in [3.05, 3.63) is 11.6 Å². The van der Waals surface area contributed by atoms with Crippen LogP contribution in [0.15, 0.2) is 11.6 Å². The van der Waals surface area contributed by atoms with Gasteiger partial charge in [-0.2, -0.15) is 0 Å². The van der Waals surface area contributed by atoms with Crippen molar-refractivity contribution in [2.75, 3.05) is 0 Å². The number of hydrogen-bond acceptors (Lipinski definition) is 1. The number of fused-ring (bicyclic) bond motifs is 5. The second kappa shape index (κ2) is 8.86. The lowest BCUT2D eigenvalue weighted by Gasteiger charge is -2.58. The molecular weight excluding hydrogens is 378 g/mol. The minimum Gasteiger partial charge on any atom is -0.353 e. The largest absolute Gasteiger partial charge is 0.353 e. The van der Waals surface area contributed by atoms with E-state index >= 15 is 0 Å². The van der Waals surface area contributed by atoms with Gasteiger partial charge in [-0.25, -0.2) is 0 Å². The molecular formula is C29H49NO. The van der Waals surface area contributed by atoms with Gasteiger partial charge < -0.3 is 5.32 Å². The highest BCUT2D eigenvalue weighted by Crippen LogP contribution is 2.67. The predicted molar refractivity (Wildman–Crippen MR) is 131 cm³/mol. The maximum absolute atomic E-state index is 11.6. The van der Waals surface area contributed by atoms with Crippen LogP contribution in [0.25, 0.3) is 0 Å². The standard InChI is InChI=1S/C29H49NO/c1-19(2)8-7-9-20(3)25-12-13-26-24-11-10-22-18-23(30-21(4)31)14-16-28(22,5)27(24)15-17-29(25,26)6/h10,19-20,23-27H,7-9,11-18H2,1-6H3,(H,30,31)/t20-,23?,24+,25-,26+,27+,28+,29-/m1/s1. The molecule has 0 aliphatic heterocycles. The van der Waals surface area contributed by atoms with Gasteiger partial charge in [-0.05, 0) is 97.7 Å². The van der Waals surface area contributed by atoms with E-state index in [0.29, 0.717) is 16.9 Å². The zero-order valence-corrected chi connectivity index (χ0v) is 21.3. The molecule has 0 aromatic heterocycles. The Bertz CT molecular complexity index is 695. The summed E-state index contributed by atoms with van der Waals surface area (Å²) in [4.78, 5) is 11.6. The highest BCUT2D eigenvalue weighted by atomic mass is 16.1. The maximum atomic E-state index is 11.6. The van der Waals surface area contributed by atoms with Gasteiger partial charge in [-0.1, -0.05) is 65.5 Å². The van der Waals surface area contributed by atoms with Crippen LogP contribution in [-0.2, 0) is 4.79 Å². The SMILES string of the molecule is CC(=O)NC1CC[C@@]2(C)C(=CC[C@H]3[C@@H]4CC[C@H]([C@H](C)CCCC(C)C)[C@@]4(C)CC[C@@H]32)C1. The summed E-state index contributed by atoms with van der Waals surface area (Å²) in [5.74, 6) is 5.53. The molecule has 3 fully saturated rings. The Balaban J connectivity index is 1.47. The topological polar surface area (TPSA) is 29.1 Å². The van der Waals surface area contributed by atoms with E-state index in [9.17, 15) is 4.79 Å². The number of amides is 1. The first-order valence-corrected chi connectivity index (χ1v) is 13.6. The van der Waals surface area contributed by atoms with Crippen LogP contribution in [0.5, 0.6) is 0 Å². The Hall–Kier alpha value is -0.790. The second-order valence-corrected chi connectivity index (χ2v) is 12.9. The fourth-order valence-corrected chi connectivity index (χ4v) is 9.10. The third-order valence-electron chi connectivity index (χ3n) is 10.7. The Morgan fingerprint density at radius 1 is 1.06 bits per heavy atom. The zero-order valence-electron chi connectivity index (χ0n) is 21.3. The van der Waals surface area contributed by atoms with Gasteiger partial charge in [0.1, 0.15) is 0 Å². The van der Waals surface area contributed by atoms with E-state index in [4.69, 9.17) is 0 Å². The van der Waals surface area contributed by atoms with Crippen LogP contribution in [-0.4, -0.2) is 11.9 Å². The third kappa shape index (κ3) is 4.26. The van der Waals surface area contributed by atoms with Crippen LogP contribution in [0.1, 0.15) is 112 Å². The van der Waals surface area contributed by atoms with E-state index in [2.05, 4.69) is 46.0 Å². The average molecular weight is 428 g/mol. The second-order valence-electron chi connectivity index (χ2n) is 12.9. The molecule has 2 nitrogen and oxygen atoms in total. The summed E-state index contributed by atoms with van der Waals surface area (Å²) in [5.41, 5.74) is 2.65. The zero-order chi connectivity index (χ0) is 22.4. The molecule has 4 aliphatic carbocycles. The molecule has 4 rings (SSSR count). The van der Waals surface area contributed by atoms with Crippen molar-refractivity contribution in [1.29, 1.82) is 0 Å². The van der Waals surface area contributed by atoms with E-state index in [-0.39, 0.29) is 5.91 Å². The number of carbonyl (C=O) groups is 1. The molecule has 0 saturated heterocycles. The lowest BCUT2D eigenvalue weighted by molar-refractivity contribution is -0.120. The van der Waals surface area contributed by atoms with Gasteiger partial charge in [0.25, 0.3) is 0 Å². The Labute approximate surface area is 192 Å². The molecule has 31 heavy (non-hydrogen) atoms. The van der Waals surface area contributed by atoms with Crippen molar-refractivity contribution in [3.63, 3.8) is 0 Å². The van der Waals surface area contributed by atoms with Crippen molar-refractivity contribution in [2.45, 2.75) is 118 Å². The molecule has 3 saturated carbocycles. The summed E-state index contributed by atoms with van der Waals surface area (Å²) in [6, 6.07) is 0.366. The molecule has 0 bridgehead atoms. The number of allylic oxidation sites excluding steroid dienone is 1. The molecule has 0 aromatic carbocycles. The summed E-state index contributed by atoms with van der Waals surface area (Å²) in [6.45, 7) is 14.3. The molecule has 1 unspecified atom stereocenters. The van der Waals surface area contributed by atoms with Crippen LogP contribution < -0.4 is 5.32 Å². The van der Waals surface area contributed by atoms with E-state index in [0.717, 1.165) is 48.3 Å². The first-order valence-electron chi connectivity index (χ1n) is 13.6. The Morgan fingerprint density at radius 3 is 2.55 bits per heavy atom. The lowest BCUT2D eigenvalue weighted by atomic mass is 9.47. The first-order chi connectivity index (χ1) is 14.6. The van der Waals surface area contributed by atoms with Gasteiger partial charge in [-0.3, -0.25) is 4.79 Å². The molecule has 176 valence electrons. The molecule has 8 atom stereocenters. The Morgan fingerprint density at radius 2 is 1.84 bits per heavy atom. The average Bonchev–Trinajstić information content (AvgIpc) is 3.05. The third-order valence-corrected chi connectivity index (χ3v) is 10.7. The minimum absolute atomic E-state index is 0.135. The van der Waals surface area contributed by atoms with Crippen molar-refractivity contribution in [3.8, 4) is 0 Å². The number of hydrogen-bond donors (Lipinski definition) is 1. The summed E-state index contributed by atoms with van der Waals surface area (Å²) >= 11 is 0. The van der Waals surface area contributed by atoms with Crippen LogP contribution in [0.2, 0.25) is 0 Å². The van der Waals surface area contributed by atoms with Gasteiger partial charge in [0.2, 0.25) is 5.91 Å². The van der Waals surface area contributed by atoms with Gasteiger partial charge in [-0.15, -0.1) is 0 Å². The van der Waals surface area contributed by atoms with Gasteiger partial charge in [0.15, 0.2) is 0 Å². The smallest absolute Gasteiger partial charge is 0.217 e. The van der Waals surface area contributed by atoms with Crippen molar-refractivity contribution < 1.29 is 4.79 Å². The molecule has 0 heterocycles. The van der Waals surface area contributed by atoms with Crippen molar-refractivity contribution >= 4 is 5.91 Å². The van der Waals surface area contributed by atoms with Crippen LogP contribution in [0.3, 0.4) is 0 Å². The number of nitrogens with one attached hydrogen (secondary N) is 1. The number of carbonyl (C=O) groups excluding carboxylic acids is 1. The fraction of sp³-hybridized carbons (Fsp3) is 0.897. The van der Waals surface area contributed by atoms with Crippen molar-refractivity contribution in [2.24, 2.45) is 46.3 Å². The van der Waals surface area contributed by atoms with Crippen LogP contribution in [0, 0.1) is 46.3 Å². The predicted octanol–water partition coefficient (Wildman–Crippen LogP) is 7.53. The number of rotatable bonds is 6. The molecule has 0 aromatic rings.